The third kappa shape index (κ3) is 1.67. The Labute approximate surface area is 67.8 Å². The first-order valence-corrected chi connectivity index (χ1v) is 5.12. The van der Waals surface area contributed by atoms with E-state index in [0.717, 1.165) is 12.5 Å². The highest BCUT2D eigenvalue weighted by Crippen LogP contribution is 2.41. The van der Waals surface area contributed by atoms with E-state index >= 15 is 0 Å². The van der Waals surface area contributed by atoms with E-state index in [0.29, 0.717) is 5.41 Å². The molecule has 60 valence electrons. The molecule has 0 radical (unpaired) electrons. The molecule has 1 nitrogen and oxygen atoms in total. The maximum absolute atomic E-state index is 5.70. The van der Waals surface area contributed by atoms with Gasteiger partial charge in [-0.2, -0.15) is 11.8 Å². The lowest BCUT2D eigenvalue weighted by molar-refractivity contribution is 0.294. The Bertz CT molecular complexity index is 102. The Morgan fingerprint density at radius 2 is 2.10 bits per heavy atom. The molecule has 1 heterocycles. The third-order valence-electron chi connectivity index (χ3n) is 2.09. The number of rotatable bonds is 3. The van der Waals surface area contributed by atoms with Crippen LogP contribution in [0.25, 0.3) is 0 Å². The Morgan fingerprint density at radius 1 is 1.50 bits per heavy atom. The van der Waals surface area contributed by atoms with Crippen molar-refractivity contribution in [3.05, 3.63) is 0 Å². The molecule has 0 atom stereocenters. The summed E-state index contributed by atoms with van der Waals surface area (Å²) in [6, 6.07) is 0. The summed E-state index contributed by atoms with van der Waals surface area (Å²) in [5.41, 5.74) is 6.23. The van der Waals surface area contributed by atoms with Crippen LogP contribution < -0.4 is 5.73 Å². The van der Waals surface area contributed by atoms with E-state index in [9.17, 15) is 0 Å². The van der Waals surface area contributed by atoms with Crippen LogP contribution in [-0.2, 0) is 0 Å². The van der Waals surface area contributed by atoms with Crippen LogP contribution in [0.3, 0.4) is 0 Å². The molecule has 0 aromatic rings. The van der Waals surface area contributed by atoms with Gasteiger partial charge in [0.1, 0.15) is 0 Å². The summed E-state index contributed by atoms with van der Waals surface area (Å²) < 4.78 is 0. The topological polar surface area (TPSA) is 26.0 Å². The summed E-state index contributed by atoms with van der Waals surface area (Å²) >= 11 is 2.03. The molecule has 0 aromatic carbocycles. The minimum Gasteiger partial charge on any atom is -0.330 e. The van der Waals surface area contributed by atoms with Crippen molar-refractivity contribution in [2.24, 2.45) is 17.1 Å². The van der Waals surface area contributed by atoms with E-state index in [2.05, 4.69) is 13.8 Å². The van der Waals surface area contributed by atoms with Crippen LogP contribution in [0.4, 0.5) is 0 Å². The molecular weight excluding hydrogens is 142 g/mol. The van der Waals surface area contributed by atoms with E-state index < -0.39 is 0 Å². The van der Waals surface area contributed by atoms with Crippen molar-refractivity contribution in [3.63, 3.8) is 0 Å². The van der Waals surface area contributed by atoms with Crippen molar-refractivity contribution in [1.29, 1.82) is 0 Å². The summed E-state index contributed by atoms with van der Waals surface area (Å²) in [7, 11) is 0. The Hall–Kier alpha value is 0.310. The van der Waals surface area contributed by atoms with Gasteiger partial charge >= 0.3 is 0 Å². The average Bonchev–Trinajstić information content (AvgIpc) is 1.78. The van der Waals surface area contributed by atoms with Gasteiger partial charge in [0, 0.05) is 16.9 Å². The fourth-order valence-electron chi connectivity index (χ4n) is 1.58. The molecule has 1 saturated heterocycles. The van der Waals surface area contributed by atoms with Gasteiger partial charge in [-0.15, -0.1) is 0 Å². The van der Waals surface area contributed by atoms with Crippen molar-refractivity contribution in [2.75, 3.05) is 18.1 Å². The SMILES string of the molecule is CC(C)CC1(CN)CSC1. The zero-order valence-electron chi connectivity index (χ0n) is 6.89. The third-order valence-corrected chi connectivity index (χ3v) is 3.72. The Kier molecular flexibility index (Phi) is 2.64. The molecule has 1 aliphatic heterocycles. The van der Waals surface area contributed by atoms with Gasteiger partial charge in [-0.1, -0.05) is 13.8 Å². The quantitative estimate of drug-likeness (QED) is 0.678. The second-order valence-electron chi connectivity index (χ2n) is 3.79. The minimum atomic E-state index is 0.527. The average molecular weight is 159 g/mol. The standard InChI is InChI=1S/C8H17NS/c1-7(2)3-8(4-9)5-10-6-8/h7H,3-6,9H2,1-2H3. The van der Waals surface area contributed by atoms with Crippen molar-refractivity contribution in [2.45, 2.75) is 20.3 Å². The van der Waals surface area contributed by atoms with Gasteiger partial charge in [0.15, 0.2) is 0 Å². The Morgan fingerprint density at radius 3 is 2.20 bits per heavy atom. The predicted molar refractivity (Wildman–Crippen MR) is 48.3 cm³/mol. The zero-order chi connectivity index (χ0) is 7.61. The molecule has 1 aliphatic rings. The van der Waals surface area contributed by atoms with Gasteiger partial charge in [-0.05, 0) is 18.9 Å². The maximum Gasteiger partial charge on any atom is 0.000953 e. The van der Waals surface area contributed by atoms with Crippen LogP contribution in [-0.4, -0.2) is 18.1 Å². The van der Waals surface area contributed by atoms with Crippen molar-refractivity contribution < 1.29 is 0 Å². The maximum atomic E-state index is 5.70. The van der Waals surface area contributed by atoms with Gasteiger partial charge in [0.2, 0.25) is 0 Å². The van der Waals surface area contributed by atoms with Crippen molar-refractivity contribution in [3.8, 4) is 0 Å². The van der Waals surface area contributed by atoms with Crippen LogP contribution in [0.5, 0.6) is 0 Å². The summed E-state index contributed by atoms with van der Waals surface area (Å²) in [5, 5.41) is 0. The molecule has 10 heavy (non-hydrogen) atoms. The van der Waals surface area contributed by atoms with Crippen LogP contribution in [0.15, 0.2) is 0 Å². The molecule has 1 rings (SSSR count). The second kappa shape index (κ2) is 3.14. The normalized spacial score (nSPS) is 22.8. The number of thioether (sulfide) groups is 1. The van der Waals surface area contributed by atoms with Gasteiger partial charge < -0.3 is 5.73 Å². The summed E-state index contributed by atoms with van der Waals surface area (Å²) in [4.78, 5) is 0. The van der Waals surface area contributed by atoms with E-state index in [1.54, 1.807) is 0 Å². The molecule has 0 saturated carbocycles. The highest BCUT2D eigenvalue weighted by molar-refractivity contribution is 8.00. The first-order valence-electron chi connectivity index (χ1n) is 3.96. The van der Waals surface area contributed by atoms with Gasteiger partial charge in [-0.3, -0.25) is 0 Å². The lowest BCUT2D eigenvalue weighted by Crippen LogP contribution is -2.43. The molecule has 2 heteroatoms. The van der Waals surface area contributed by atoms with Gasteiger partial charge in [0.25, 0.3) is 0 Å². The first kappa shape index (κ1) is 8.41. The highest BCUT2D eigenvalue weighted by atomic mass is 32.2. The van der Waals surface area contributed by atoms with Crippen molar-refractivity contribution >= 4 is 11.8 Å². The second-order valence-corrected chi connectivity index (χ2v) is 4.78. The molecule has 0 aliphatic carbocycles. The predicted octanol–water partition coefficient (Wildman–Crippen LogP) is 1.72. The monoisotopic (exact) mass is 159 g/mol. The number of hydrogen-bond donors (Lipinski definition) is 1. The number of nitrogens with two attached hydrogens (primary N) is 1. The molecule has 0 spiro atoms. The van der Waals surface area contributed by atoms with E-state index in [-0.39, 0.29) is 0 Å². The number of hydrogen-bond acceptors (Lipinski definition) is 2. The summed E-state index contributed by atoms with van der Waals surface area (Å²) in [6.07, 6.45) is 1.32. The van der Waals surface area contributed by atoms with Gasteiger partial charge in [-0.25, -0.2) is 0 Å². The van der Waals surface area contributed by atoms with Crippen LogP contribution in [0, 0.1) is 11.3 Å². The molecule has 2 N–H and O–H groups in total. The lowest BCUT2D eigenvalue weighted by atomic mass is 9.83. The molecule has 0 amide bonds. The smallest absolute Gasteiger partial charge is 0.000953 e. The molecular formula is C8H17NS. The summed E-state index contributed by atoms with van der Waals surface area (Å²) in [5.74, 6) is 3.40. The molecule has 0 unspecified atom stereocenters. The minimum absolute atomic E-state index is 0.527. The lowest BCUT2D eigenvalue weighted by Gasteiger charge is -2.41. The zero-order valence-corrected chi connectivity index (χ0v) is 7.71. The van der Waals surface area contributed by atoms with E-state index in [4.69, 9.17) is 5.73 Å². The van der Waals surface area contributed by atoms with Gasteiger partial charge in [0.05, 0.1) is 0 Å². The molecule has 0 aromatic heterocycles. The summed E-state index contributed by atoms with van der Waals surface area (Å²) in [6.45, 7) is 5.44. The van der Waals surface area contributed by atoms with E-state index in [1.807, 2.05) is 11.8 Å². The first-order chi connectivity index (χ1) is 4.68. The van der Waals surface area contributed by atoms with Crippen LogP contribution >= 0.6 is 11.8 Å². The fourth-order valence-corrected chi connectivity index (χ4v) is 2.83. The van der Waals surface area contributed by atoms with E-state index in [1.165, 1.54) is 17.9 Å². The Balaban J connectivity index is 2.33. The molecule has 1 fully saturated rings. The largest absolute Gasteiger partial charge is 0.330 e. The van der Waals surface area contributed by atoms with Crippen molar-refractivity contribution in [1.82, 2.24) is 0 Å². The fraction of sp³-hybridized carbons (Fsp3) is 1.00. The van der Waals surface area contributed by atoms with Crippen LogP contribution in [0.1, 0.15) is 20.3 Å². The highest BCUT2D eigenvalue weighted by Gasteiger charge is 2.36. The van der Waals surface area contributed by atoms with Crippen LogP contribution in [0.2, 0.25) is 0 Å². The molecule has 0 bridgehead atoms.